The highest BCUT2D eigenvalue weighted by Gasteiger charge is 2.41. The van der Waals surface area contributed by atoms with Gasteiger partial charge in [-0.2, -0.15) is 15.7 Å². The lowest BCUT2D eigenvalue weighted by Gasteiger charge is -2.16. The number of hydrogen-bond donors (Lipinski definition) is 1. The van der Waals surface area contributed by atoms with E-state index in [-0.39, 0.29) is 34.5 Å². The summed E-state index contributed by atoms with van der Waals surface area (Å²) in [5, 5.41) is 12.2. The summed E-state index contributed by atoms with van der Waals surface area (Å²) in [7, 11) is -0.250. The molecule has 6 heteroatoms. The molecule has 4 nitrogen and oxygen atoms in total. The van der Waals surface area contributed by atoms with Crippen LogP contribution in [-0.2, 0) is 16.0 Å². The van der Waals surface area contributed by atoms with E-state index in [2.05, 4.69) is 11.4 Å². The number of nitrogens with one attached hydrogen (secondary N) is 1. The highest BCUT2D eigenvalue weighted by Crippen LogP contribution is 2.30. The Labute approximate surface area is 143 Å². The predicted octanol–water partition coefficient (Wildman–Crippen LogP) is 2.06. The molecule has 1 amide bonds. The minimum Gasteiger partial charge on any atom is -0.355 e. The van der Waals surface area contributed by atoms with E-state index in [1.54, 1.807) is 12.1 Å². The van der Waals surface area contributed by atoms with E-state index in [0.29, 0.717) is 11.3 Å². The fourth-order valence-electron chi connectivity index (χ4n) is 3.34. The van der Waals surface area contributed by atoms with Gasteiger partial charge in [-0.15, -0.1) is 0 Å². The summed E-state index contributed by atoms with van der Waals surface area (Å²) >= 11 is 0. The average molecular weight is 346 g/mol. The Morgan fingerprint density at radius 3 is 2.58 bits per heavy atom. The molecule has 24 heavy (non-hydrogen) atoms. The van der Waals surface area contributed by atoms with Crippen LogP contribution >= 0.6 is 10.5 Å². The molecular weight excluding hydrogens is 327 g/mol. The van der Waals surface area contributed by atoms with Crippen molar-refractivity contribution in [3.05, 3.63) is 35.6 Å². The van der Waals surface area contributed by atoms with E-state index >= 15 is 0 Å². The Kier molecular flexibility index (Phi) is 5.10. The van der Waals surface area contributed by atoms with Gasteiger partial charge in [0.25, 0.3) is 0 Å². The maximum absolute atomic E-state index is 13.0. The Morgan fingerprint density at radius 2 is 1.96 bits per heavy atom. The maximum Gasteiger partial charge on any atom is 0.224 e. The van der Waals surface area contributed by atoms with Crippen LogP contribution in [0.5, 0.6) is 0 Å². The quantitative estimate of drug-likeness (QED) is 0.849. The lowest BCUT2D eigenvalue weighted by molar-refractivity contribution is -0.125. The van der Waals surface area contributed by atoms with Gasteiger partial charge in [0, 0.05) is 6.54 Å². The molecule has 2 fully saturated rings. The van der Waals surface area contributed by atoms with Gasteiger partial charge in [-0.1, -0.05) is 12.1 Å². The normalized spacial score (nSPS) is 23.8. The number of ketones is 1. The summed E-state index contributed by atoms with van der Waals surface area (Å²) in [4.78, 5) is 25.4. The molecule has 0 spiro atoms. The fourth-order valence-corrected chi connectivity index (χ4v) is 5.62. The zero-order chi connectivity index (χ0) is 17.1. The van der Waals surface area contributed by atoms with Gasteiger partial charge >= 0.3 is 0 Å². The van der Waals surface area contributed by atoms with Crippen molar-refractivity contribution in [3.8, 4) is 6.07 Å². The van der Waals surface area contributed by atoms with Crippen LogP contribution in [0.3, 0.4) is 0 Å². The standard InChI is InChI=1S/C18H19FN2O2S/c19-13-5-3-12(4-6-13)9-14-15(11-21-18(14)23)17(22)16(10-20)24-7-1-2-8-24/h3-6,14-15H,1-2,7-9,11H2,(H,21,23)/t14-,15+/m1/s1. The van der Waals surface area contributed by atoms with Crippen LogP contribution in [0.1, 0.15) is 18.4 Å². The van der Waals surface area contributed by atoms with Crippen LogP contribution in [0.15, 0.2) is 24.3 Å². The summed E-state index contributed by atoms with van der Waals surface area (Å²) in [5.74, 6) is 0.169. The number of halogens is 1. The monoisotopic (exact) mass is 346 g/mol. The van der Waals surface area contributed by atoms with E-state index in [0.717, 1.165) is 29.9 Å². The number of carbonyl (C=O) groups excluding carboxylic acids is 2. The highest BCUT2D eigenvalue weighted by molar-refractivity contribution is 8.17. The van der Waals surface area contributed by atoms with Crippen molar-refractivity contribution in [3.63, 3.8) is 0 Å². The van der Waals surface area contributed by atoms with Gasteiger partial charge in [0.2, 0.25) is 5.91 Å². The van der Waals surface area contributed by atoms with E-state index in [1.165, 1.54) is 12.1 Å². The lowest BCUT2D eigenvalue weighted by Crippen LogP contribution is -2.31. The molecule has 2 saturated heterocycles. The van der Waals surface area contributed by atoms with Crippen molar-refractivity contribution in [1.29, 1.82) is 5.26 Å². The van der Waals surface area contributed by atoms with E-state index in [9.17, 15) is 19.2 Å². The molecule has 2 aliphatic rings. The molecule has 126 valence electrons. The van der Waals surface area contributed by atoms with Crippen molar-refractivity contribution >= 4 is 27.0 Å². The van der Waals surface area contributed by atoms with Crippen molar-refractivity contribution < 1.29 is 14.0 Å². The summed E-state index contributed by atoms with van der Waals surface area (Å²) in [6.45, 7) is 0.284. The summed E-state index contributed by atoms with van der Waals surface area (Å²) in [5.41, 5.74) is 0.818. The molecule has 0 aromatic heterocycles. The van der Waals surface area contributed by atoms with Crippen LogP contribution in [-0.4, -0.2) is 34.6 Å². The van der Waals surface area contributed by atoms with Crippen molar-refractivity contribution in [2.24, 2.45) is 11.8 Å². The Bertz CT molecular complexity index is 728. The minimum absolute atomic E-state index is 0.162. The number of nitrogens with zero attached hydrogens (tertiary/aromatic N) is 1. The SMILES string of the molecule is N#CC(C(=O)[C@H]1CNC(=O)[C@@H]1Cc1ccc(F)cc1)=S1CCCC1. The Balaban J connectivity index is 1.82. The number of amides is 1. The van der Waals surface area contributed by atoms with Gasteiger partial charge in [0.15, 0.2) is 5.78 Å². The number of carbonyl (C=O) groups is 2. The molecule has 1 N–H and O–H groups in total. The molecule has 2 heterocycles. The third-order valence-electron chi connectivity index (χ3n) is 4.67. The second-order valence-corrected chi connectivity index (χ2v) is 8.41. The number of nitriles is 1. The highest BCUT2D eigenvalue weighted by atomic mass is 32.2. The van der Waals surface area contributed by atoms with Gasteiger partial charge in [0.1, 0.15) is 16.8 Å². The first-order chi connectivity index (χ1) is 11.6. The first-order valence-corrected chi connectivity index (χ1v) is 9.67. The van der Waals surface area contributed by atoms with Crippen molar-refractivity contribution in [1.82, 2.24) is 5.32 Å². The summed E-state index contributed by atoms with van der Waals surface area (Å²) in [6, 6.07) is 8.09. The molecule has 0 aliphatic carbocycles. The first-order valence-electron chi connectivity index (χ1n) is 8.11. The number of hydrogen-bond acceptors (Lipinski definition) is 3. The zero-order valence-electron chi connectivity index (χ0n) is 13.3. The topological polar surface area (TPSA) is 70.0 Å². The van der Waals surface area contributed by atoms with Gasteiger partial charge in [-0.3, -0.25) is 9.59 Å². The van der Waals surface area contributed by atoms with Gasteiger partial charge < -0.3 is 5.32 Å². The molecule has 2 atom stereocenters. The van der Waals surface area contributed by atoms with E-state index < -0.39 is 11.8 Å². The average Bonchev–Trinajstić information content (AvgIpc) is 3.21. The molecule has 0 bridgehead atoms. The Morgan fingerprint density at radius 1 is 1.29 bits per heavy atom. The van der Waals surface area contributed by atoms with Crippen LogP contribution in [0, 0.1) is 29.0 Å². The van der Waals surface area contributed by atoms with Gasteiger partial charge in [0.05, 0.1) is 11.8 Å². The van der Waals surface area contributed by atoms with E-state index in [4.69, 9.17) is 0 Å². The molecule has 2 aliphatic heterocycles. The second kappa shape index (κ2) is 7.27. The van der Waals surface area contributed by atoms with Crippen LogP contribution in [0.2, 0.25) is 0 Å². The van der Waals surface area contributed by atoms with Crippen molar-refractivity contribution in [2.45, 2.75) is 19.3 Å². The van der Waals surface area contributed by atoms with Gasteiger partial charge in [-0.25, -0.2) is 4.39 Å². The molecule has 0 saturated carbocycles. The molecule has 3 rings (SSSR count). The fraction of sp³-hybridized carbons (Fsp3) is 0.444. The third-order valence-corrected chi connectivity index (χ3v) is 7.10. The predicted molar refractivity (Wildman–Crippen MR) is 92.3 cm³/mol. The minimum atomic E-state index is -0.495. The molecular formula is C18H19FN2O2S. The van der Waals surface area contributed by atoms with E-state index in [1.807, 2.05) is 0 Å². The van der Waals surface area contributed by atoms with Crippen LogP contribution in [0.4, 0.5) is 4.39 Å². The zero-order valence-corrected chi connectivity index (χ0v) is 14.1. The molecule has 0 unspecified atom stereocenters. The lowest BCUT2D eigenvalue weighted by atomic mass is 9.85. The molecule has 1 aromatic carbocycles. The molecule has 1 aromatic rings. The maximum atomic E-state index is 13.0. The van der Waals surface area contributed by atoms with Crippen LogP contribution in [0.25, 0.3) is 0 Å². The summed E-state index contributed by atoms with van der Waals surface area (Å²) in [6.07, 6.45) is 2.50. The largest absolute Gasteiger partial charge is 0.355 e. The second-order valence-electron chi connectivity index (χ2n) is 6.20. The van der Waals surface area contributed by atoms with Gasteiger partial charge in [-0.05, 0) is 48.5 Å². The van der Waals surface area contributed by atoms with Crippen molar-refractivity contribution in [2.75, 3.05) is 18.1 Å². The molecule has 0 radical (unpaired) electrons. The third kappa shape index (κ3) is 3.41. The number of benzene rings is 1. The number of Topliss-reactive ketones (excluding diaryl/α,β-unsaturated/α-hetero) is 1. The Hall–Kier alpha value is -2.00. The number of rotatable bonds is 4. The summed E-state index contributed by atoms with van der Waals surface area (Å²) < 4.78 is 13.0. The van der Waals surface area contributed by atoms with Crippen LogP contribution < -0.4 is 5.32 Å². The smallest absolute Gasteiger partial charge is 0.224 e. The first kappa shape index (κ1) is 16.8.